The number of rotatable bonds is 4. The van der Waals surface area contributed by atoms with Gasteiger partial charge >= 0.3 is 5.97 Å². The third-order valence-corrected chi connectivity index (χ3v) is 13.8. The molecule has 0 spiro atoms. The first-order chi connectivity index (χ1) is 18.7. The number of ether oxygens (including phenoxy) is 1. The van der Waals surface area contributed by atoms with E-state index in [-0.39, 0.29) is 52.4 Å². The van der Waals surface area contributed by atoms with Gasteiger partial charge in [-0.15, -0.1) is 0 Å². The van der Waals surface area contributed by atoms with Gasteiger partial charge in [0.25, 0.3) is 10.1 Å². The largest absolute Gasteiger partial charge is 0.469 e. The first-order valence-electron chi connectivity index (χ1n) is 15.3. The van der Waals surface area contributed by atoms with Crippen LogP contribution in [0.5, 0.6) is 0 Å². The summed E-state index contributed by atoms with van der Waals surface area (Å²) in [6.07, 6.45) is 8.18. The van der Waals surface area contributed by atoms with Gasteiger partial charge in [0.1, 0.15) is 6.10 Å². The fourth-order valence-corrected chi connectivity index (χ4v) is 11.8. The highest BCUT2D eigenvalue weighted by Crippen LogP contribution is 2.75. The van der Waals surface area contributed by atoms with Crippen LogP contribution in [0.3, 0.4) is 0 Å². The smallest absolute Gasteiger partial charge is 0.312 e. The highest BCUT2D eigenvalue weighted by Gasteiger charge is 2.71. The van der Waals surface area contributed by atoms with Crippen LogP contribution < -0.4 is 0 Å². The van der Waals surface area contributed by atoms with Gasteiger partial charge in [-0.2, -0.15) is 8.42 Å². The number of ketones is 1. The normalized spacial score (nSPS) is 47.3. The van der Waals surface area contributed by atoms with Crippen LogP contribution in [0.1, 0.15) is 92.9 Å². The molecule has 0 heterocycles. The molecule has 4 fully saturated rings. The third-order valence-electron chi connectivity index (χ3n) is 13.2. The van der Waals surface area contributed by atoms with Gasteiger partial charge in [0.05, 0.1) is 25.4 Å². The summed E-state index contributed by atoms with van der Waals surface area (Å²) in [4.78, 5) is 28.0. The predicted octanol–water partition coefficient (Wildman–Crippen LogP) is 5.62. The molecule has 0 radical (unpaired) electrons. The van der Waals surface area contributed by atoms with Gasteiger partial charge in [-0.05, 0) is 96.5 Å². The lowest BCUT2D eigenvalue weighted by molar-refractivity contribution is -0.194. The molecular formula is C33H50O7S. The minimum Gasteiger partial charge on any atom is -0.469 e. The van der Waals surface area contributed by atoms with E-state index >= 15 is 0 Å². The second-order valence-corrected chi connectivity index (χ2v) is 17.6. The zero-order chi connectivity index (χ0) is 30.6. The molecule has 5 aliphatic carbocycles. The average molecular weight is 591 g/mol. The zero-order valence-electron chi connectivity index (χ0n) is 26.3. The number of esters is 1. The van der Waals surface area contributed by atoms with E-state index in [9.17, 15) is 23.1 Å². The molecular weight excluding hydrogens is 540 g/mol. The number of fused-ring (bicyclic) bond motifs is 7. The molecule has 5 aliphatic rings. The van der Waals surface area contributed by atoms with Crippen molar-refractivity contribution in [3.63, 3.8) is 0 Å². The SMILES string of the molecule is C=C1C[C@]2(C)C3=CC(=O)[C@@H]4[C@@H]5CC(C)(C)CC[C@]5(C(=O)OC)CC[C@@]4(C)[C@]3(C)CC[C@H]2[C@](C)(CO)[C@H]1OS(C)(=O)=O. The maximum atomic E-state index is 14.5. The molecule has 230 valence electrons. The van der Waals surface area contributed by atoms with Crippen LogP contribution in [0.15, 0.2) is 23.8 Å². The van der Waals surface area contributed by atoms with Gasteiger partial charge in [0.15, 0.2) is 5.78 Å². The topological polar surface area (TPSA) is 107 Å². The van der Waals surface area contributed by atoms with Crippen molar-refractivity contribution < 1.29 is 32.0 Å². The second-order valence-electron chi connectivity index (χ2n) is 16.0. The Morgan fingerprint density at radius 3 is 2.29 bits per heavy atom. The molecule has 0 unspecified atom stereocenters. The van der Waals surface area contributed by atoms with Gasteiger partial charge in [0.2, 0.25) is 0 Å². The van der Waals surface area contributed by atoms with E-state index in [1.807, 2.05) is 13.0 Å². The molecule has 0 aromatic rings. The fraction of sp³-hybridized carbons (Fsp3) is 0.818. The number of aliphatic hydroxyl groups excluding tert-OH is 1. The summed E-state index contributed by atoms with van der Waals surface area (Å²) in [6.45, 7) is 17.2. The van der Waals surface area contributed by atoms with E-state index in [0.29, 0.717) is 12.0 Å². The van der Waals surface area contributed by atoms with Crippen LogP contribution in [0.4, 0.5) is 0 Å². The number of hydrogen-bond donors (Lipinski definition) is 1. The Morgan fingerprint density at radius 1 is 1.07 bits per heavy atom. The predicted molar refractivity (Wildman–Crippen MR) is 157 cm³/mol. The summed E-state index contributed by atoms with van der Waals surface area (Å²) in [7, 11) is -2.31. The average Bonchev–Trinajstić information content (AvgIpc) is 2.86. The van der Waals surface area contributed by atoms with Crippen molar-refractivity contribution in [3.8, 4) is 0 Å². The van der Waals surface area contributed by atoms with Gasteiger partial charge < -0.3 is 9.84 Å². The molecule has 41 heavy (non-hydrogen) atoms. The van der Waals surface area contributed by atoms with Gasteiger partial charge in [-0.25, -0.2) is 0 Å². The Balaban J connectivity index is 1.64. The van der Waals surface area contributed by atoms with Crippen LogP contribution in [0.2, 0.25) is 0 Å². The molecule has 0 aromatic carbocycles. The summed E-state index contributed by atoms with van der Waals surface area (Å²) in [5.74, 6) is -0.523. The fourth-order valence-electron chi connectivity index (χ4n) is 11.0. The molecule has 8 heteroatoms. The van der Waals surface area contributed by atoms with E-state index in [2.05, 4.69) is 41.2 Å². The zero-order valence-corrected chi connectivity index (χ0v) is 27.1. The van der Waals surface area contributed by atoms with Gasteiger partial charge in [0, 0.05) is 11.3 Å². The molecule has 0 aliphatic heterocycles. The van der Waals surface area contributed by atoms with Crippen LogP contribution in [-0.2, 0) is 28.6 Å². The number of carbonyl (C=O) groups is 2. The molecule has 0 aromatic heterocycles. The minimum atomic E-state index is -3.78. The Kier molecular flexibility index (Phi) is 6.98. The van der Waals surface area contributed by atoms with Crippen molar-refractivity contribution in [2.75, 3.05) is 20.0 Å². The summed E-state index contributed by atoms with van der Waals surface area (Å²) >= 11 is 0. The minimum absolute atomic E-state index is 0.0356. The van der Waals surface area contributed by atoms with Gasteiger partial charge in [-0.1, -0.05) is 53.7 Å². The van der Waals surface area contributed by atoms with E-state index in [0.717, 1.165) is 56.8 Å². The first-order valence-corrected chi connectivity index (χ1v) is 17.1. The van der Waals surface area contributed by atoms with E-state index in [4.69, 9.17) is 8.92 Å². The maximum Gasteiger partial charge on any atom is 0.312 e. The second kappa shape index (κ2) is 9.25. The summed E-state index contributed by atoms with van der Waals surface area (Å²) < 4.78 is 35.5. The lowest BCUT2D eigenvalue weighted by atomic mass is 9.33. The molecule has 9 atom stereocenters. The van der Waals surface area contributed by atoms with Gasteiger partial charge in [-0.3, -0.25) is 13.8 Å². The van der Waals surface area contributed by atoms with Crippen molar-refractivity contribution in [2.24, 2.45) is 50.2 Å². The summed E-state index contributed by atoms with van der Waals surface area (Å²) in [6, 6.07) is 0. The van der Waals surface area contributed by atoms with E-state index in [1.165, 1.54) is 7.11 Å². The monoisotopic (exact) mass is 590 g/mol. The molecule has 0 saturated heterocycles. The van der Waals surface area contributed by atoms with Crippen LogP contribution in [-0.4, -0.2) is 51.4 Å². The molecule has 5 rings (SSSR count). The van der Waals surface area contributed by atoms with Crippen molar-refractivity contribution in [2.45, 2.75) is 99.0 Å². The lowest BCUT2D eigenvalue weighted by Crippen LogP contribution is -2.67. The standard InChI is InChI=1S/C33H50O7S/c1-20-17-29(4)23(30(5,19-34)26(20)40-41(9,37)38)10-11-31(6)24(29)16-22(35)25-21-18-28(2,3)12-14-33(21,27(36)39-8)15-13-32(25,31)7/h16,21,23,25-26,34H,1,10-15,17-19H2,2-9H3/t21-,23+,25-,26-,29-,30-,31+,32+,33-/m0/s1. The highest BCUT2D eigenvalue weighted by molar-refractivity contribution is 7.86. The highest BCUT2D eigenvalue weighted by atomic mass is 32.2. The number of aliphatic hydroxyl groups is 1. The number of carbonyl (C=O) groups excluding carboxylic acids is 2. The van der Waals surface area contributed by atoms with Crippen molar-refractivity contribution >= 4 is 21.9 Å². The van der Waals surface area contributed by atoms with Crippen molar-refractivity contribution in [1.82, 2.24) is 0 Å². The van der Waals surface area contributed by atoms with E-state index in [1.54, 1.807) is 0 Å². The van der Waals surface area contributed by atoms with Crippen LogP contribution in [0, 0.1) is 50.2 Å². The number of hydrogen-bond acceptors (Lipinski definition) is 7. The Morgan fingerprint density at radius 2 is 1.71 bits per heavy atom. The maximum absolute atomic E-state index is 14.5. The number of allylic oxidation sites excluding steroid dienone is 2. The Hall–Kier alpha value is -1.51. The molecule has 4 saturated carbocycles. The molecule has 7 nitrogen and oxygen atoms in total. The van der Waals surface area contributed by atoms with Crippen molar-refractivity contribution in [3.05, 3.63) is 23.8 Å². The molecule has 1 N–H and O–H groups in total. The molecule has 0 bridgehead atoms. The lowest BCUT2D eigenvalue weighted by Gasteiger charge is -2.70. The van der Waals surface area contributed by atoms with Crippen molar-refractivity contribution in [1.29, 1.82) is 0 Å². The Bertz CT molecular complexity index is 1310. The quantitative estimate of drug-likeness (QED) is 0.257. The third kappa shape index (κ3) is 4.12. The number of methoxy groups -OCH3 is 1. The molecule has 0 amide bonds. The van der Waals surface area contributed by atoms with Crippen LogP contribution >= 0.6 is 0 Å². The summed E-state index contributed by atoms with van der Waals surface area (Å²) in [5, 5.41) is 10.8. The first kappa shape index (κ1) is 30.9. The van der Waals surface area contributed by atoms with Crippen LogP contribution in [0.25, 0.3) is 0 Å². The van der Waals surface area contributed by atoms with E-state index < -0.39 is 32.5 Å². The summed E-state index contributed by atoms with van der Waals surface area (Å²) in [5.41, 5.74) is -0.883. The Labute approximate surface area is 246 Å².